The zero-order valence-electron chi connectivity index (χ0n) is 19.5. The Hall–Kier alpha value is -4.01. The van der Waals surface area contributed by atoms with E-state index in [9.17, 15) is 23.2 Å². The Morgan fingerprint density at radius 1 is 1.08 bits per heavy atom. The van der Waals surface area contributed by atoms with Gasteiger partial charge in [0.15, 0.2) is 11.4 Å². The van der Waals surface area contributed by atoms with Crippen molar-refractivity contribution in [2.75, 3.05) is 6.54 Å². The third-order valence-corrected chi connectivity index (χ3v) is 6.66. The average molecular weight is 494 g/mol. The van der Waals surface area contributed by atoms with Crippen LogP contribution in [-0.4, -0.2) is 33.9 Å². The van der Waals surface area contributed by atoms with E-state index < -0.39 is 23.0 Å². The molecule has 2 aliphatic rings. The lowest BCUT2D eigenvalue weighted by molar-refractivity contribution is 0.0501. The summed E-state index contributed by atoms with van der Waals surface area (Å²) in [6, 6.07) is 12.2. The number of nitrogens with zero attached hydrogens (tertiary/aromatic N) is 2. The zero-order chi connectivity index (χ0) is 25.2. The Kier molecular flexibility index (Phi) is 6.54. The molecule has 1 aromatic heterocycles. The fourth-order valence-electron chi connectivity index (χ4n) is 4.79. The molecule has 3 heterocycles. The molecule has 1 N–H and O–H groups in total. The number of rotatable bonds is 6. The number of carbonyl (C=O) groups is 2. The first kappa shape index (κ1) is 23.7. The first-order valence-electron chi connectivity index (χ1n) is 11.9. The largest absolute Gasteiger partial charge is 0.483 e. The number of fused-ring (bicyclic) bond motifs is 2. The van der Waals surface area contributed by atoms with E-state index in [1.54, 1.807) is 9.47 Å². The van der Waals surface area contributed by atoms with Gasteiger partial charge in [0.2, 0.25) is 5.43 Å². The maximum atomic E-state index is 14.0. The van der Waals surface area contributed by atoms with Crippen molar-refractivity contribution >= 4 is 11.8 Å². The molecule has 186 valence electrons. The van der Waals surface area contributed by atoms with Crippen LogP contribution in [0.2, 0.25) is 0 Å². The zero-order valence-corrected chi connectivity index (χ0v) is 19.5. The van der Waals surface area contributed by atoms with E-state index in [1.807, 2.05) is 30.3 Å². The molecule has 7 nitrogen and oxygen atoms in total. The normalized spacial score (nSPS) is 16.8. The van der Waals surface area contributed by atoms with E-state index in [4.69, 9.17) is 4.74 Å². The van der Waals surface area contributed by atoms with Gasteiger partial charge in [0.05, 0.1) is 0 Å². The van der Waals surface area contributed by atoms with Crippen LogP contribution in [-0.2, 0) is 19.7 Å². The van der Waals surface area contributed by atoms with Crippen LogP contribution in [0.15, 0.2) is 59.5 Å². The van der Waals surface area contributed by atoms with Gasteiger partial charge in [-0.25, -0.2) is 8.78 Å². The van der Waals surface area contributed by atoms with Crippen LogP contribution in [0.25, 0.3) is 0 Å². The summed E-state index contributed by atoms with van der Waals surface area (Å²) in [6.45, 7) is 0.866. The van der Waals surface area contributed by atoms with Gasteiger partial charge in [-0.3, -0.25) is 14.4 Å². The van der Waals surface area contributed by atoms with E-state index in [2.05, 4.69) is 5.32 Å². The number of hydrogen-bond donors (Lipinski definition) is 1. The van der Waals surface area contributed by atoms with Crippen molar-refractivity contribution < 1.29 is 23.1 Å². The molecule has 0 saturated carbocycles. The molecule has 2 aliphatic heterocycles. The average Bonchev–Trinajstić information content (AvgIpc) is 2.88. The summed E-state index contributed by atoms with van der Waals surface area (Å²) in [4.78, 5) is 41.6. The van der Waals surface area contributed by atoms with Gasteiger partial charge in [-0.05, 0) is 30.9 Å². The number of amides is 2. The van der Waals surface area contributed by atoms with Crippen LogP contribution in [0.1, 0.15) is 51.2 Å². The lowest BCUT2D eigenvalue weighted by Crippen LogP contribution is -2.51. The van der Waals surface area contributed by atoms with Gasteiger partial charge in [-0.15, -0.1) is 0 Å². The third-order valence-electron chi connectivity index (χ3n) is 6.66. The van der Waals surface area contributed by atoms with Crippen LogP contribution in [0.4, 0.5) is 8.78 Å². The number of carbonyl (C=O) groups excluding carboxylic acids is 2. The minimum absolute atomic E-state index is 0.0209. The molecule has 1 atom stereocenters. The highest BCUT2D eigenvalue weighted by Crippen LogP contribution is 2.30. The molecule has 0 spiro atoms. The summed E-state index contributed by atoms with van der Waals surface area (Å²) >= 11 is 0. The third kappa shape index (κ3) is 4.60. The lowest BCUT2D eigenvalue weighted by Gasteiger charge is -2.41. The van der Waals surface area contributed by atoms with Crippen molar-refractivity contribution in [3.8, 4) is 5.75 Å². The summed E-state index contributed by atoms with van der Waals surface area (Å²) < 4.78 is 34.7. The van der Waals surface area contributed by atoms with Crippen LogP contribution >= 0.6 is 0 Å². The number of benzene rings is 2. The molecule has 0 bridgehead atoms. The molecule has 9 heteroatoms. The van der Waals surface area contributed by atoms with Crippen molar-refractivity contribution in [3.63, 3.8) is 0 Å². The van der Waals surface area contributed by atoms with Crippen LogP contribution in [0, 0.1) is 11.6 Å². The van der Waals surface area contributed by atoms with Gasteiger partial charge in [0, 0.05) is 43.5 Å². The molecule has 36 heavy (non-hydrogen) atoms. The highest BCUT2D eigenvalue weighted by molar-refractivity contribution is 5.99. The van der Waals surface area contributed by atoms with Gasteiger partial charge in [0.1, 0.15) is 23.8 Å². The van der Waals surface area contributed by atoms with Crippen molar-refractivity contribution in [2.24, 2.45) is 0 Å². The fraction of sp³-hybridized carbons (Fsp3) is 0.296. The monoisotopic (exact) mass is 493 g/mol. The maximum absolute atomic E-state index is 14.0. The smallest absolute Gasteiger partial charge is 0.274 e. The second kappa shape index (κ2) is 9.93. The van der Waals surface area contributed by atoms with Crippen LogP contribution in [0.5, 0.6) is 5.75 Å². The van der Waals surface area contributed by atoms with Crippen molar-refractivity contribution in [1.82, 2.24) is 14.8 Å². The number of aromatic nitrogens is 1. The summed E-state index contributed by atoms with van der Waals surface area (Å²) in [5.41, 5.74) is 0.0995. The van der Waals surface area contributed by atoms with Gasteiger partial charge in [-0.1, -0.05) is 36.4 Å². The standard InChI is InChI=1S/C27H25F2N3O4/c28-19-10-9-18(22(29)12-19)13-30-26(34)21-15-31-14-20-8-4-5-11-32(20)27(35)23(31)25(24(21)33)36-16-17-6-2-1-3-7-17/h1-3,6-7,9-10,12,15,20H,4-5,8,11,13-14,16H2,(H,30,34). The Bertz CT molecular complexity index is 1370. The minimum Gasteiger partial charge on any atom is -0.483 e. The molecule has 1 saturated heterocycles. The quantitative estimate of drug-likeness (QED) is 0.569. The summed E-state index contributed by atoms with van der Waals surface area (Å²) in [5.74, 6) is -2.72. The van der Waals surface area contributed by atoms with Crippen molar-refractivity contribution in [3.05, 3.63) is 99.0 Å². The minimum atomic E-state index is -0.799. The number of ether oxygens (including phenoxy) is 1. The predicted octanol–water partition coefficient (Wildman–Crippen LogP) is 3.64. The molecule has 3 aromatic rings. The Morgan fingerprint density at radius 3 is 2.67 bits per heavy atom. The van der Waals surface area contributed by atoms with E-state index in [0.717, 1.165) is 37.0 Å². The van der Waals surface area contributed by atoms with Crippen LogP contribution < -0.4 is 15.5 Å². The lowest BCUT2D eigenvalue weighted by atomic mass is 9.98. The van der Waals surface area contributed by atoms with E-state index >= 15 is 0 Å². The second-order valence-corrected chi connectivity index (χ2v) is 9.04. The van der Waals surface area contributed by atoms with Crippen LogP contribution in [0.3, 0.4) is 0 Å². The topological polar surface area (TPSA) is 80.6 Å². The molecule has 0 radical (unpaired) electrons. The number of piperidine rings is 1. The molecule has 1 unspecified atom stereocenters. The molecule has 0 aliphatic carbocycles. The summed E-state index contributed by atoms with van der Waals surface area (Å²) in [7, 11) is 0. The highest BCUT2D eigenvalue weighted by Gasteiger charge is 2.37. The maximum Gasteiger partial charge on any atom is 0.274 e. The Morgan fingerprint density at radius 2 is 1.89 bits per heavy atom. The van der Waals surface area contributed by atoms with Gasteiger partial charge in [-0.2, -0.15) is 0 Å². The highest BCUT2D eigenvalue weighted by atomic mass is 19.1. The van der Waals surface area contributed by atoms with E-state index in [1.165, 1.54) is 12.3 Å². The van der Waals surface area contributed by atoms with E-state index in [-0.39, 0.29) is 47.7 Å². The molecular weight excluding hydrogens is 468 g/mol. The molecule has 2 aromatic carbocycles. The van der Waals surface area contributed by atoms with E-state index in [0.29, 0.717) is 13.1 Å². The predicted molar refractivity (Wildman–Crippen MR) is 128 cm³/mol. The van der Waals surface area contributed by atoms with Crippen molar-refractivity contribution in [1.29, 1.82) is 0 Å². The molecule has 5 rings (SSSR count). The van der Waals surface area contributed by atoms with Gasteiger partial charge in [0.25, 0.3) is 11.8 Å². The second-order valence-electron chi connectivity index (χ2n) is 9.04. The Labute approximate surface area is 206 Å². The number of nitrogens with one attached hydrogen (secondary N) is 1. The molecule has 1 fully saturated rings. The molecular formula is C27H25F2N3O4. The SMILES string of the molecule is O=C(NCc1ccc(F)cc1F)c1cn2c(c(OCc3ccccc3)c1=O)C(=O)N1CCCCC1C2. The van der Waals surface area contributed by atoms with Gasteiger partial charge >= 0.3 is 0 Å². The molecule has 2 amide bonds. The fourth-order valence-corrected chi connectivity index (χ4v) is 4.79. The summed E-state index contributed by atoms with van der Waals surface area (Å²) in [5, 5.41) is 2.53. The van der Waals surface area contributed by atoms with Crippen molar-refractivity contribution in [2.45, 2.75) is 45.0 Å². The Balaban J connectivity index is 1.49. The van der Waals surface area contributed by atoms with Gasteiger partial charge < -0.3 is 19.5 Å². The number of hydrogen-bond acceptors (Lipinski definition) is 4. The number of pyridine rings is 1. The number of halogens is 2. The summed E-state index contributed by atoms with van der Waals surface area (Å²) in [6.07, 6.45) is 4.11. The first-order chi connectivity index (χ1) is 17.4. The first-order valence-corrected chi connectivity index (χ1v) is 11.9.